The van der Waals surface area contributed by atoms with Crippen molar-refractivity contribution in [3.8, 4) is 0 Å². The molecule has 1 amide bonds. The highest BCUT2D eigenvalue weighted by Gasteiger charge is 2.19. The van der Waals surface area contributed by atoms with E-state index >= 15 is 0 Å². The standard InChI is InChI=1S/C22H29N3O2S/c1-2-9-18-19(14-16-10-5-3-6-11-16)24-22(25-21(18)27)28-15-20(26)23-17-12-7-4-8-13-17/h4,7-8,12-13,16H,2-3,5-6,9-11,14-15H2,1H3,(H,23,26)(H,24,25,27). The lowest BCUT2D eigenvalue weighted by Crippen LogP contribution is -2.22. The van der Waals surface area contributed by atoms with Gasteiger partial charge in [0.15, 0.2) is 5.16 Å². The predicted octanol–water partition coefficient (Wildman–Crippen LogP) is 4.58. The summed E-state index contributed by atoms with van der Waals surface area (Å²) in [6.07, 6.45) is 8.88. The highest BCUT2D eigenvalue weighted by Crippen LogP contribution is 2.27. The van der Waals surface area contributed by atoms with Crippen LogP contribution in [0.4, 0.5) is 5.69 Å². The average Bonchev–Trinajstić information content (AvgIpc) is 2.70. The van der Waals surface area contributed by atoms with Gasteiger partial charge in [0.05, 0.1) is 11.4 Å². The minimum Gasteiger partial charge on any atom is -0.325 e. The molecule has 0 spiro atoms. The van der Waals surface area contributed by atoms with Crippen LogP contribution in [-0.2, 0) is 17.6 Å². The molecule has 1 aliphatic carbocycles. The number of benzene rings is 1. The maximum atomic E-state index is 12.6. The first-order chi connectivity index (χ1) is 13.7. The number of anilines is 1. The number of nitrogens with zero attached hydrogens (tertiary/aromatic N) is 1. The summed E-state index contributed by atoms with van der Waals surface area (Å²) >= 11 is 1.29. The second kappa shape index (κ2) is 10.5. The number of aromatic amines is 1. The topological polar surface area (TPSA) is 74.8 Å². The van der Waals surface area contributed by atoms with Gasteiger partial charge in [-0.15, -0.1) is 0 Å². The summed E-state index contributed by atoms with van der Waals surface area (Å²) in [5.74, 6) is 0.733. The van der Waals surface area contributed by atoms with Crippen LogP contribution in [0.15, 0.2) is 40.3 Å². The number of H-pyrrole nitrogens is 1. The minimum absolute atomic E-state index is 0.0476. The Morgan fingerprint density at radius 3 is 2.68 bits per heavy atom. The monoisotopic (exact) mass is 399 g/mol. The summed E-state index contributed by atoms with van der Waals surface area (Å²) in [4.78, 5) is 32.4. The number of carbonyl (C=O) groups is 1. The van der Waals surface area contributed by atoms with Crippen LogP contribution in [0.25, 0.3) is 0 Å². The molecule has 1 aliphatic rings. The molecule has 6 heteroatoms. The van der Waals surface area contributed by atoms with Gasteiger partial charge in [0.25, 0.3) is 5.56 Å². The minimum atomic E-state index is -0.106. The van der Waals surface area contributed by atoms with Crippen LogP contribution in [0.3, 0.4) is 0 Å². The van der Waals surface area contributed by atoms with Gasteiger partial charge >= 0.3 is 0 Å². The van der Waals surface area contributed by atoms with Crippen LogP contribution < -0.4 is 10.9 Å². The van der Waals surface area contributed by atoms with Crippen LogP contribution in [0.5, 0.6) is 0 Å². The third-order valence-electron chi connectivity index (χ3n) is 5.18. The molecule has 0 aliphatic heterocycles. The molecule has 1 saturated carbocycles. The van der Waals surface area contributed by atoms with Crippen LogP contribution in [0.2, 0.25) is 0 Å². The van der Waals surface area contributed by atoms with Gasteiger partial charge in [-0.25, -0.2) is 4.98 Å². The molecule has 1 aromatic carbocycles. The van der Waals surface area contributed by atoms with Crippen molar-refractivity contribution in [2.24, 2.45) is 5.92 Å². The van der Waals surface area contributed by atoms with Gasteiger partial charge in [0, 0.05) is 11.3 Å². The van der Waals surface area contributed by atoms with Crippen molar-refractivity contribution in [3.63, 3.8) is 0 Å². The zero-order valence-electron chi connectivity index (χ0n) is 16.5. The van der Waals surface area contributed by atoms with E-state index < -0.39 is 0 Å². The van der Waals surface area contributed by atoms with Gasteiger partial charge in [-0.2, -0.15) is 0 Å². The summed E-state index contributed by atoms with van der Waals surface area (Å²) in [7, 11) is 0. The second-order valence-corrected chi connectivity index (χ2v) is 8.42. The van der Waals surface area contributed by atoms with Crippen molar-refractivity contribution in [3.05, 3.63) is 51.9 Å². The predicted molar refractivity (Wildman–Crippen MR) is 115 cm³/mol. The van der Waals surface area contributed by atoms with Crippen LogP contribution in [0, 0.1) is 5.92 Å². The first-order valence-corrected chi connectivity index (χ1v) is 11.2. The summed E-state index contributed by atoms with van der Waals surface area (Å²) in [5.41, 5.74) is 2.48. The smallest absolute Gasteiger partial charge is 0.254 e. The Bertz CT molecular complexity index is 829. The molecule has 5 nitrogen and oxygen atoms in total. The van der Waals surface area contributed by atoms with Gasteiger partial charge in [-0.1, -0.05) is 75.4 Å². The van der Waals surface area contributed by atoms with E-state index in [0.717, 1.165) is 36.2 Å². The number of nitrogens with one attached hydrogen (secondary N) is 2. The summed E-state index contributed by atoms with van der Waals surface area (Å²) in [6.45, 7) is 2.08. The van der Waals surface area contributed by atoms with Crippen LogP contribution in [0.1, 0.15) is 56.7 Å². The fraction of sp³-hybridized carbons (Fsp3) is 0.500. The zero-order valence-corrected chi connectivity index (χ0v) is 17.3. The lowest BCUT2D eigenvalue weighted by Gasteiger charge is -2.22. The molecule has 1 aromatic heterocycles. The first-order valence-electron chi connectivity index (χ1n) is 10.3. The first kappa shape index (κ1) is 20.6. The number of carbonyl (C=O) groups excluding carboxylic acids is 1. The number of rotatable bonds is 8. The molecule has 0 saturated heterocycles. The maximum absolute atomic E-state index is 12.6. The van der Waals surface area contributed by atoms with Crippen molar-refractivity contribution < 1.29 is 4.79 Å². The third kappa shape index (κ3) is 5.96. The largest absolute Gasteiger partial charge is 0.325 e. The van der Waals surface area contributed by atoms with Gasteiger partial charge in [0.1, 0.15) is 0 Å². The summed E-state index contributed by atoms with van der Waals surface area (Å²) < 4.78 is 0. The van der Waals surface area contributed by atoms with E-state index in [9.17, 15) is 9.59 Å². The van der Waals surface area contributed by atoms with Gasteiger partial charge in [0.2, 0.25) is 5.91 Å². The Labute approximate surface area is 170 Å². The molecule has 28 heavy (non-hydrogen) atoms. The van der Waals surface area contributed by atoms with E-state index in [0.29, 0.717) is 11.1 Å². The highest BCUT2D eigenvalue weighted by molar-refractivity contribution is 7.99. The normalized spacial score (nSPS) is 14.8. The molecular weight excluding hydrogens is 370 g/mol. The van der Waals surface area contributed by atoms with E-state index in [2.05, 4.69) is 17.2 Å². The Morgan fingerprint density at radius 2 is 1.96 bits per heavy atom. The quantitative estimate of drug-likeness (QED) is 0.503. The molecule has 2 aromatic rings. The van der Waals surface area contributed by atoms with Crippen molar-refractivity contribution in [1.82, 2.24) is 9.97 Å². The Balaban J connectivity index is 1.68. The van der Waals surface area contributed by atoms with Crippen LogP contribution in [-0.4, -0.2) is 21.6 Å². The van der Waals surface area contributed by atoms with E-state index in [-0.39, 0.29) is 17.2 Å². The van der Waals surface area contributed by atoms with Crippen molar-refractivity contribution in [2.45, 2.75) is 63.4 Å². The number of para-hydroxylation sites is 1. The number of hydrogen-bond acceptors (Lipinski definition) is 4. The van der Waals surface area contributed by atoms with Crippen molar-refractivity contribution in [1.29, 1.82) is 0 Å². The molecule has 150 valence electrons. The lowest BCUT2D eigenvalue weighted by molar-refractivity contribution is -0.113. The molecular formula is C22H29N3O2S. The molecule has 2 N–H and O–H groups in total. The molecule has 0 radical (unpaired) electrons. The van der Waals surface area contributed by atoms with Gasteiger partial charge in [-0.05, 0) is 30.9 Å². The van der Waals surface area contributed by atoms with E-state index in [1.165, 1.54) is 43.9 Å². The van der Waals surface area contributed by atoms with Crippen molar-refractivity contribution in [2.75, 3.05) is 11.1 Å². The van der Waals surface area contributed by atoms with Crippen LogP contribution >= 0.6 is 11.8 Å². The average molecular weight is 400 g/mol. The van der Waals surface area contributed by atoms with Gasteiger partial charge in [-0.3, -0.25) is 9.59 Å². The van der Waals surface area contributed by atoms with Crippen molar-refractivity contribution >= 4 is 23.4 Å². The lowest BCUT2D eigenvalue weighted by atomic mass is 9.85. The molecule has 1 fully saturated rings. The second-order valence-electron chi connectivity index (χ2n) is 7.46. The Hall–Kier alpha value is -2.08. The van der Waals surface area contributed by atoms with E-state index in [1.54, 1.807) is 0 Å². The third-order valence-corrected chi connectivity index (χ3v) is 6.06. The highest BCUT2D eigenvalue weighted by atomic mass is 32.2. The molecule has 0 unspecified atom stereocenters. The zero-order chi connectivity index (χ0) is 19.8. The maximum Gasteiger partial charge on any atom is 0.254 e. The number of aromatic nitrogens is 2. The SMILES string of the molecule is CCCc1c(CC2CCCCC2)nc(SCC(=O)Nc2ccccc2)[nH]c1=O. The number of amides is 1. The molecule has 0 bridgehead atoms. The summed E-state index contributed by atoms with van der Waals surface area (Å²) in [6, 6.07) is 9.37. The Morgan fingerprint density at radius 1 is 1.21 bits per heavy atom. The number of thioether (sulfide) groups is 1. The summed E-state index contributed by atoms with van der Waals surface area (Å²) in [5, 5.41) is 3.40. The molecule has 1 heterocycles. The van der Waals surface area contributed by atoms with E-state index in [4.69, 9.17) is 4.98 Å². The Kier molecular flexibility index (Phi) is 7.71. The fourth-order valence-electron chi connectivity index (χ4n) is 3.78. The van der Waals surface area contributed by atoms with Gasteiger partial charge < -0.3 is 10.3 Å². The molecule has 0 atom stereocenters. The fourth-order valence-corrected chi connectivity index (χ4v) is 4.46. The molecule has 3 rings (SSSR count). The van der Waals surface area contributed by atoms with E-state index in [1.807, 2.05) is 30.3 Å². The number of hydrogen-bond donors (Lipinski definition) is 2.